The van der Waals surface area contributed by atoms with Gasteiger partial charge in [-0.1, -0.05) is 71.6 Å². The molecule has 53 heavy (non-hydrogen) atoms. The number of likely N-dealkylation sites (tertiary alicyclic amines) is 1. The van der Waals surface area contributed by atoms with Crippen LogP contribution in [0.1, 0.15) is 142 Å². The largest absolute Gasteiger partial charge is 0.478 e. The van der Waals surface area contributed by atoms with Crippen molar-refractivity contribution >= 4 is 17.4 Å². The van der Waals surface area contributed by atoms with Crippen molar-refractivity contribution in [2.24, 2.45) is 62.6 Å². The molecule has 0 radical (unpaired) electrons. The number of carbonyl (C=O) groups is 2. The molecular formula is C48H70N2O3. The average Bonchev–Trinajstić information content (AvgIpc) is 3.53. The van der Waals surface area contributed by atoms with E-state index in [-0.39, 0.29) is 27.1 Å². The number of fused-ring (bicyclic) bond motifs is 7. The number of benzene rings is 1. The van der Waals surface area contributed by atoms with E-state index < -0.39 is 5.97 Å². The molecule has 290 valence electrons. The number of piperidine rings is 1. The fourth-order valence-electron chi connectivity index (χ4n) is 15.0. The van der Waals surface area contributed by atoms with Gasteiger partial charge in [-0.15, -0.1) is 0 Å². The van der Waals surface area contributed by atoms with Crippen molar-refractivity contribution in [1.29, 1.82) is 0 Å². The van der Waals surface area contributed by atoms with Crippen LogP contribution in [-0.2, 0) is 4.79 Å². The molecule has 1 aliphatic heterocycles. The monoisotopic (exact) mass is 723 g/mol. The number of aromatic carboxylic acids is 1. The highest BCUT2D eigenvalue weighted by molar-refractivity contribution is 5.88. The van der Waals surface area contributed by atoms with Crippen LogP contribution in [0.3, 0.4) is 0 Å². The fourth-order valence-corrected chi connectivity index (χ4v) is 15.0. The van der Waals surface area contributed by atoms with Gasteiger partial charge in [-0.05, 0) is 166 Å². The topological polar surface area (TPSA) is 60.9 Å². The molecular weight excluding hydrogens is 653 g/mol. The summed E-state index contributed by atoms with van der Waals surface area (Å²) in [5.74, 6) is 2.48. The fraction of sp³-hybridized carbons (Fsp3) is 0.708. The van der Waals surface area contributed by atoms with Crippen molar-refractivity contribution < 1.29 is 14.7 Å². The van der Waals surface area contributed by atoms with E-state index in [0.29, 0.717) is 47.0 Å². The number of amides is 1. The average molecular weight is 723 g/mol. The Hall–Kier alpha value is -2.82. The first kappa shape index (κ1) is 38.5. The second kappa shape index (κ2) is 13.4. The molecule has 0 spiro atoms. The smallest absolute Gasteiger partial charge is 0.335 e. The van der Waals surface area contributed by atoms with Crippen molar-refractivity contribution in [3.63, 3.8) is 0 Å². The number of hydrogen-bond acceptors (Lipinski definition) is 3. The van der Waals surface area contributed by atoms with Crippen LogP contribution in [0.4, 0.5) is 0 Å². The predicted molar refractivity (Wildman–Crippen MR) is 217 cm³/mol. The van der Waals surface area contributed by atoms with Crippen molar-refractivity contribution in [1.82, 2.24) is 9.80 Å². The zero-order valence-electron chi connectivity index (χ0n) is 34.5. The summed E-state index contributed by atoms with van der Waals surface area (Å²) in [6.45, 7) is 32.5. The van der Waals surface area contributed by atoms with Crippen molar-refractivity contribution in [2.75, 3.05) is 26.2 Å². The lowest BCUT2D eigenvalue weighted by atomic mass is 9.32. The van der Waals surface area contributed by atoms with E-state index in [4.69, 9.17) is 0 Å². The van der Waals surface area contributed by atoms with E-state index in [1.807, 2.05) is 12.1 Å². The first-order chi connectivity index (χ1) is 25.0. The molecule has 1 saturated heterocycles. The van der Waals surface area contributed by atoms with Crippen molar-refractivity contribution in [3.05, 3.63) is 65.9 Å². The van der Waals surface area contributed by atoms with Gasteiger partial charge in [0, 0.05) is 37.8 Å². The Kier molecular flexibility index (Phi) is 9.75. The summed E-state index contributed by atoms with van der Waals surface area (Å²) in [6.07, 6.45) is 15.0. The van der Waals surface area contributed by atoms with Gasteiger partial charge in [0.25, 0.3) is 0 Å². The zero-order chi connectivity index (χ0) is 38.3. The number of nitrogens with zero attached hydrogens (tertiary/aromatic N) is 2. The van der Waals surface area contributed by atoms with Crippen LogP contribution in [0, 0.1) is 62.6 Å². The number of carboxylic acids is 1. The summed E-state index contributed by atoms with van der Waals surface area (Å²) in [5.41, 5.74) is 5.73. The van der Waals surface area contributed by atoms with Gasteiger partial charge in [0.1, 0.15) is 0 Å². The molecule has 5 heteroatoms. The molecule has 1 unspecified atom stereocenters. The molecule has 0 bridgehead atoms. The Morgan fingerprint density at radius 3 is 2.21 bits per heavy atom. The van der Waals surface area contributed by atoms with Gasteiger partial charge in [0.15, 0.2) is 0 Å². The van der Waals surface area contributed by atoms with Gasteiger partial charge >= 0.3 is 5.97 Å². The minimum atomic E-state index is -0.870. The maximum Gasteiger partial charge on any atom is 0.335 e. The van der Waals surface area contributed by atoms with Crippen LogP contribution in [0.15, 0.2) is 54.8 Å². The van der Waals surface area contributed by atoms with Gasteiger partial charge < -0.3 is 14.9 Å². The molecule has 1 heterocycles. The van der Waals surface area contributed by atoms with Gasteiger partial charge in [0.2, 0.25) is 5.91 Å². The number of carboxylic acid groups (broad SMARTS) is 1. The van der Waals surface area contributed by atoms with Crippen LogP contribution >= 0.6 is 0 Å². The SMILES string of the molecule is C=C(C)[C@@H]1CC[C@]2(C(=O)N3CCCC(C(=C)N(CC)CC)C3)CC[C@]3(C)[C@H](CC[C@@H]4[C@@]5(C)CC=C(c6ccc(C(=O)O)cc6)C(C)(C)[C@@H]5CC[C@]43C)[C@@H]12. The number of carbonyl (C=O) groups excluding carboxylic acids is 1. The van der Waals surface area contributed by atoms with Gasteiger partial charge in [-0.3, -0.25) is 4.79 Å². The lowest BCUT2D eigenvalue weighted by molar-refractivity contribution is -0.226. The quantitative estimate of drug-likeness (QED) is 0.271. The summed E-state index contributed by atoms with van der Waals surface area (Å²) in [6, 6.07) is 7.59. The Labute approximate surface area is 321 Å². The van der Waals surface area contributed by atoms with Gasteiger partial charge in [-0.2, -0.15) is 0 Å². The Balaban J connectivity index is 1.19. The van der Waals surface area contributed by atoms with Crippen LogP contribution in [0.25, 0.3) is 5.57 Å². The van der Waals surface area contributed by atoms with E-state index in [9.17, 15) is 9.90 Å². The Morgan fingerprint density at radius 1 is 0.868 bits per heavy atom. The molecule has 4 saturated carbocycles. The van der Waals surface area contributed by atoms with E-state index in [2.05, 4.69) is 84.4 Å². The van der Waals surface area contributed by atoms with Crippen molar-refractivity contribution in [2.45, 2.75) is 126 Å². The highest BCUT2D eigenvalue weighted by Crippen LogP contribution is 2.78. The first-order valence-corrected chi connectivity index (χ1v) is 21.4. The Morgan fingerprint density at radius 2 is 1.57 bits per heavy atom. The minimum Gasteiger partial charge on any atom is -0.478 e. The maximum absolute atomic E-state index is 15.3. The molecule has 5 fully saturated rings. The molecule has 5 nitrogen and oxygen atoms in total. The second-order valence-corrected chi connectivity index (χ2v) is 20.0. The predicted octanol–water partition coefficient (Wildman–Crippen LogP) is 11.1. The Bertz CT molecular complexity index is 1670. The molecule has 6 aliphatic rings. The maximum atomic E-state index is 15.3. The van der Waals surface area contributed by atoms with Crippen LogP contribution in [0.5, 0.6) is 0 Å². The second-order valence-electron chi connectivity index (χ2n) is 20.0. The van der Waals surface area contributed by atoms with Crippen LogP contribution in [0.2, 0.25) is 0 Å². The highest BCUT2D eigenvalue weighted by Gasteiger charge is 2.71. The third-order valence-electron chi connectivity index (χ3n) is 17.9. The minimum absolute atomic E-state index is 0.00957. The summed E-state index contributed by atoms with van der Waals surface area (Å²) in [5, 5.41) is 9.53. The highest BCUT2D eigenvalue weighted by atomic mass is 16.4. The van der Waals surface area contributed by atoms with E-state index in [1.54, 1.807) is 12.1 Å². The molecule has 7 rings (SSSR count). The number of hydrogen-bond donors (Lipinski definition) is 1. The first-order valence-electron chi connectivity index (χ1n) is 21.4. The summed E-state index contributed by atoms with van der Waals surface area (Å²) in [4.78, 5) is 31.6. The molecule has 0 aromatic heterocycles. The van der Waals surface area contributed by atoms with Gasteiger partial charge in [0.05, 0.1) is 11.0 Å². The van der Waals surface area contributed by atoms with E-state index in [0.717, 1.165) is 71.1 Å². The van der Waals surface area contributed by atoms with Crippen molar-refractivity contribution in [3.8, 4) is 0 Å². The third-order valence-corrected chi connectivity index (χ3v) is 17.9. The van der Waals surface area contributed by atoms with Gasteiger partial charge in [-0.25, -0.2) is 4.79 Å². The van der Waals surface area contributed by atoms with Crippen LogP contribution < -0.4 is 0 Å². The summed E-state index contributed by atoms with van der Waals surface area (Å²) < 4.78 is 0. The molecule has 1 N–H and O–H groups in total. The normalized spacial score (nSPS) is 40.2. The molecule has 1 aromatic carbocycles. The van der Waals surface area contributed by atoms with E-state index >= 15 is 4.79 Å². The molecule has 5 aliphatic carbocycles. The number of allylic oxidation sites excluding steroid dienone is 3. The zero-order valence-corrected chi connectivity index (χ0v) is 34.5. The number of rotatable bonds is 8. The summed E-state index contributed by atoms with van der Waals surface area (Å²) >= 11 is 0. The molecule has 10 atom stereocenters. The third kappa shape index (κ3) is 5.57. The summed E-state index contributed by atoms with van der Waals surface area (Å²) in [7, 11) is 0. The standard InChI is InChI=1S/C48H70N2O3/c1-11-49(12-2)32(5)35-14-13-29-50(30-35)43(53)48-26-21-36(31(3)4)41(48)38-19-20-40-45(8)24-22-37(33-15-17-34(18-16-33)42(51)52)44(6,7)39(45)23-25-47(40,10)46(38,9)27-28-48/h15-18,22,35-36,38-41H,3,5,11-14,19-21,23-30H2,1-2,4,6-10H3,(H,51,52)/t35?,36-,38+,39-,40+,41+,45-,46+,47+,48-/m0/s1. The van der Waals surface area contributed by atoms with E-state index in [1.165, 1.54) is 48.1 Å². The molecule has 1 amide bonds. The molecule has 1 aromatic rings. The van der Waals surface area contributed by atoms with Crippen LogP contribution in [-0.4, -0.2) is 53.0 Å². The lowest BCUT2D eigenvalue weighted by Crippen LogP contribution is -2.66. The lowest BCUT2D eigenvalue weighted by Gasteiger charge is -2.72.